The molecule has 32 heavy (non-hydrogen) atoms. The summed E-state index contributed by atoms with van der Waals surface area (Å²) in [6, 6.07) is 7.64. The van der Waals surface area contributed by atoms with E-state index in [1.165, 1.54) is 4.90 Å². The average molecular weight is 441 g/mol. The molecule has 0 radical (unpaired) electrons. The number of aromatic nitrogens is 2. The molecule has 0 atom stereocenters. The van der Waals surface area contributed by atoms with E-state index in [1.54, 1.807) is 18.1 Å². The summed E-state index contributed by atoms with van der Waals surface area (Å²) in [5, 5.41) is 3.09. The van der Waals surface area contributed by atoms with Crippen LogP contribution in [0.5, 0.6) is 0 Å². The fourth-order valence-corrected chi connectivity index (χ4v) is 3.41. The Balaban J connectivity index is 1.82. The Morgan fingerprint density at radius 1 is 1.28 bits per heavy atom. The summed E-state index contributed by atoms with van der Waals surface area (Å²) in [7, 11) is 3.62. The van der Waals surface area contributed by atoms with Gasteiger partial charge in [0.15, 0.2) is 0 Å². The van der Waals surface area contributed by atoms with E-state index in [-0.39, 0.29) is 5.91 Å². The Kier molecular flexibility index (Phi) is 6.86. The van der Waals surface area contributed by atoms with Gasteiger partial charge in [-0.3, -0.25) is 4.79 Å². The summed E-state index contributed by atoms with van der Waals surface area (Å²) in [6.07, 6.45) is 1.19. The fraction of sp³-hybridized carbons (Fsp3) is 0.478. The molecule has 1 N–H and O–H groups in total. The van der Waals surface area contributed by atoms with Crippen molar-refractivity contribution in [3.05, 3.63) is 41.6 Å². The van der Waals surface area contributed by atoms with Gasteiger partial charge >= 0.3 is 6.09 Å². The number of likely N-dealkylation sites (N-methyl/N-ethyl adjacent to an activating group) is 1. The molecule has 3 rings (SSSR count). The number of amides is 2. The number of ether oxygens (including phenoxy) is 1. The molecular weight excluding hydrogens is 408 g/mol. The van der Waals surface area contributed by atoms with Gasteiger partial charge in [-0.15, -0.1) is 0 Å². The molecule has 9 nitrogen and oxygen atoms in total. The molecule has 0 spiro atoms. The van der Waals surface area contributed by atoms with E-state index in [4.69, 9.17) is 4.74 Å². The van der Waals surface area contributed by atoms with Crippen LogP contribution in [0.3, 0.4) is 0 Å². The molecule has 0 fully saturated rings. The van der Waals surface area contributed by atoms with E-state index in [2.05, 4.69) is 15.3 Å². The van der Waals surface area contributed by atoms with Crippen LogP contribution in [0, 0.1) is 0 Å². The number of benzene rings is 1. The Labute approximate surface area is 189 Å². The van der Waals surface area contributed by atoms with Gasteiger partial charge in [0.05, 0.1) is 0 Å². The summed E-state index contributed by atoms with van der Waals surface area (Å²) < 4.78 is 5.43. The highest BCUT2D eigenvalue weighted by molar-refractivity contribution is 6.09. The number of hydrogen-bond acceptors (Lipinski definition) is 7. The van der Waals surface area contributed by atoms with Crippen LogP contribution >= 0.6 is 0 Å². The van der Waals surface area contributed by atoms with Gasteiger partial charge in [-0.25, -0.2) is 9.78 Å². The first-order valence-electron chi connectivity index (χ1n) is 10.8. The van der Waals surface area contributed by atoms with Crippen LogP contribution in [0.4, 0.5) is 22.2 Å². The third kappa shape index (κ3) is 5.46. The number of nitrogens with zero attached hydrogens (tertiary/aromatic N) is 5. The minimum absolute atomic E-state index is 0.148. The minimum Gasteiger partial charge on any atom is -0.444 e. The highest BCUT2D eigenvalue weighted by atomic mass is 16.6. The number of carbonyl (C=O) groups excluding carboxylic acids is 2. The van der Waals surface area contributed by atoms with Gasteiger partial charge in [0.1, 0.15) is 17.0 Å². The molecule has 0 aliphatic carbocycles. The van der Waals surface area contributed by atoms with Crippen LogP contribution in [0.25, 0.3) is 0 Å². The van der Waals surface area contributed by atoms with Gasteiger partial charge in [0, 0.05) is 52.2 Å². The molecule has 0 saturated heterocycles. The van der Waals surface area contributed by atoms with Crippen molar-refractivity contribution in [2.75, 3.05) is 48.8 Å². The first-order chi connectivity index (χ1) is 15.1. The number of nitrogens with one attached hydrogen (secondary N) is 1. The predicted octanol–water partition coefficient (Wildman–Crippen LogP) is 3.37. The third-order valence-corrected chi connectivity index (χ3v) is 4.95. The van der Waals surface area contributed by atoms with Gasteiger partial charge in [0.25, 0.3) is 5.91 Å². The van der Waals surface area contributed by atoms with Crippen LogP contribution < -0.4 is 15.1 Å². The summed E-state index contributed by atoms with van der Waals surface area (Å²) in [4.78, 5) is 39.7. The lowest BCUT2D eigenvalue weighted by Crippen LogP contribution is -2.34. The number of carbonyl (C=O) groups is 2. The predicted molar refractivity (Wildman–Crippen MR) is 125 cm³/mol. The molecule has 2 heterocycles. The molecule has 0 saturated carbocycles. The van der Waals surface area contributed by atoms with Crippen molar-refractivity contribution in [2.24, 2.45) is 0 Å². The maximum atomic E-state index is 13.4. The summed E-state index contributed by atoms with van der Waals surface area (Å²) in [5.74, 6) is 0.973. The lowest BCUT2D eigenvalue weighted by molar-refractivity contribution is 0.0285. The van der Waals surface area contributed by atoms with Crippen molar-refractivity contribution in [2.45, 2.75) is 39.8 Å². The van der Waals surface area contributed by atoms with E-state index >= 15 is 0 Å². The van der Waals surface area contributed by atoms with Gasteiger partial charge in [-0.05, 0) is 45.4 Å². The standard InChI is InChI=1S/C23H32N6O3/c1-7-24-21-25-14-18-19(26-21)27(5)11-12-29(20(18)30)17-10-8-9-16(13-17)15-28(6)22(31)32-23(2,3)4/h8-10,13-14H,7,11-12,15H2,1-6H3,(H,24,25,26). The van der Waals surface area contributed by atoms with E-state index in [0.29, 0.717) is 43.5 Å². The van der Waals surface area contributed by atoms with Gasteiger partial charge in [-0.2, -0.15) is 4.98 Å². The summed E-state index contributed by atoms with van der Waals surface area (Å²) in [6.45, 7) is 9.69. The first-order valence-corrected chi connectivity index (χ1v) is 10.8. The molecular formula is C23H32N6O3. The second kappa shape index (κ2) is 9.42. The zero-order valence-electron chi connectivity index (χ0n) is 19.7. The van der Waals surface area contributed by atoms with Gasteiger partial charge in [0.2, 0.25) is 5.95 Å². The van der Waals surface area contributed by atoms with Crippen LogP contribution in [0.1, 0.15) is 43.6 Å². The Morgan fingerprint density at radius 3 is 2.72 bits per heavy atom. The normalized spacial score (nSPS) is 14.0. The lowest BCUT2D eigenvalue weighted by atomic mass is 10.1. The summed E-state index contributed by atoms with van der Waals surface area (Å²) in [5.41, 5.74) is 1.57. The second-order valence-corrected chi connectivity index (χ2v) is 8.85. The Hall–Kier alpha value is -3.36. The SMILES string of the molecule is CCNc1ncc2c(n1)N(C)CCN(c1cccc(CN(C)C(=O)OC(C)(C)C)c1)C2=O. The molecule has 1 aliphatic rings. The fourth-order valence-electron chi connectivity index (χ4n) is 3.41. The quantitative estimate of drug-likeness (QED) is 0.762. The molecule has 9 heteroatoms. The molecule has 0 bridgehead atoms. The number of fused-ring (bicyclic) bond motifs is 1. The topological polar surface area (TPSA) is 90.9 Å². The molecule has 2 amide bonds. The maximum Gasteiger partial charge on any atom is 0.410 e. The van der Waals surface area contributed by atoms with Crippen molar-refractivity contribution in [1.82, 2.24) is 14.9 Å². The number of anilines is 3. The van der Waals surface area contributed by atoms with Crippen LogP contribution in [-0.2, 0) is 11.3 Å². The van der Waals surface area contributed by atoms with E-state index in [0.717, 1.165) is 11.3 Å². The zero-order valence-corrected chi connectivity index (χ0v) is 19.7. The monoisotopic (exact) mass is 440 g/mol. The van der Waals surface area contributed by atoms with Crippen molar-refractivity contribution in [3.8, 4) is 0 Å². The maximum absolute atomic E-state index is 13.4. The van der Waals surface area contributed by atoms with Crippen molar-refractivity contribution in [1.29, 1.82) is 0 Å². The highest BCUT2D eigenvalue weighted by Gasteiger charge is 2.28. The average Bonchev–Trinajstić information content (AvgIpc) is 2.84. The highest BCUT2D eigenvalue weighted by Crippen LogP contribution is 2.27. The van der Waals surface area contributed by atoms with Crippen molar-refractivity contribution >= 4 is 29.5 Å². The molecule has 1 aromatic carbocycles. The van der Waals surface area contributed by atoms with E-state index < -0.39 is 11.7 Å². The first kappa shape index (κ1) is 23.3. The van der Waals surface area contributed by atoms with Crippen molar-refractivity contribution in [3.63, 3.8) is 0 Å². The number of hydrogen-bond donors (Lipinski definition) is 1. The number of rotatable bonds is 5. The van der Waals surface area contributed by atoms with Crippen LogP contribution in [0.2, 0.25) is 0 Å². The Morgan fingerprint density at radius 2 is 2.03 bits per heavy atom. The smallest absolute Gasteiger partial charge is 0.410 e. The molecule has 1 aromatic heterocycles. The van der Waals surface area contributed by atoms with Gasteiger partial charge < -0.3 is 24.8 Å². The molecule has 2 aromatic rings. The Bertz CT molecular complexity index is 988. The largest absolute Gasteiger partial charge is 0.444 e. The van der Waals surface area contributed by atoms with Crippen LogP contribution in [-0.4, -0.2) is 66.2 Å². The zero-order chi connectivity index (χ0) is 23.5. The molecule has 172 valence electrons. The van der Waals surface area contributed by atoms with Crippen LogP contribution in [0.15, 0.2) is 30.5 Å². The van der Waals surface area contributed by atoms with Gasteiger partial charge in [-0.1, -0.05) is 12.1 Å². The summed E-state index contributed by atoms with van der Waals surface area (Å²) >= 11 is 0. The third-order valence-electron chi connectivity index (χ3n) is 4.95. The van der Waals surface area contributed by atoms with E-state index in [1.807, 2.05) is 63.9 Å². The lowest BCUT2D eigenvalue weighted by Gasteiger charge is -2.25. The van der Waals surface area contributed by atoms with E-state index in [9.17, 15) is 9.59 Å². The second-order valence-electron chi connectivity index (χ2n) is 8.85. The minimum atomic E-state index is -0.556. The molecule has 1 aliphatic heterocycles. The van der Waals surface area contributed by atoms with Crippen molar-refractivity contribution < 1.29 is 14.3 Å². The molecule has 0 unspecified atom stereocenters.